The van der Waals surface area contributed by atoms with Gasteiger partial charge in [0.2, 0.25) is 5.91 Å². The summed E-state index contributed by atoms with van der Waals surface area (Å²) in [4.78, 5) is 12.0. The second kappa shape index (κ2) is 7.06. The second-order valence-electron chi connectivity index (χ2n) is 4.79. The van der Waals surface area contributed by atoms with Gasteiger partial charge in [-0.05, 0) is 31.5 Å². The van der Waals surface area contributed by atoms with Crippen LogP contribution in [0.3, 0.4) is 0 Å². The number of anilines is 2. The average molecular weight is 320 g/mol. The number of thioether (sulfide) groups is 1. The van der Waals surface area contributed by atoms with Gasteiger partial charge in [-0.3, -0.25) is 4.79 Å². The number of nitrogen functional groups attached to an aromatic ring is 1. The summed E-state index contributed by atoms with van der Waals surface area (Å²) in [5.74, 6) is -0.321. The molecule has 0 aromatic heterocycles. The van der Waals surface area contributed by atoms with Crippen LogP contribution in [-0.2, 0) is 11.0 Å². The third-order valence-electron chi connectivity index (χ3n) is 3.01. The van der Waals surface area contributed by atoms with Crippen LogP contribution in [0.2, 0.25) is 0 Å². The molecule has 0 aliphatic heterocycles. The zero-order chi connectivity index (χ0) is 16.2. The highest BCUT2D eigenvalue weighted by atomic mass is 32.2. The summed E-state index contributed by atoms with van der Waals surface area (Å²) in [7, 11) is 0. The van der Waals surface area contributed by atoms with Crippen molar-refractivity contribution in [2.24, 2.45) is 0 Å². The van der Waals surface area contributed by atoms with Crippen molar-refractivity contribution in [3.05, 3.63) is 23.8 Å². The number of nitrogens with one attached hydrogen (secondary N) is 1. The molecule has 2 unspecified atom stereocenters. The van der Waals surface area contributed by atoms with Crippen molar-refractivity contribution < 1.29 is 18.0 Å². The predicted octanol–water partition coefficient (Wildman–Crippen LogP) is 4.15. The molecule has 1 amide bonds. The number of amides is 1. The van der Waals surface area contributed by atoms with Crippen LogP contribution in [0.5, 0.6) is 0 Å². The first kappa shape index (κ1) is 17.7. The van der Waals surface area contributed by atoms with E-state index < -0.39 is 11.7 Å². The van der Waals surface area contributed by atoms with Crippen molar-refractivity contribution in [3.8, 4) is 0 Å². The van der Waals surface area contributed by atoms with Gasteiger partial charge in [0.05, 0.1) is 10.8 Å². The number of carbonyl (C=O) groups excluding carboxylic acids is 1. The monoisotopic (exact) mass is 320 g/mol. The lowest BCUT2D eigenvalue weighted by Gasteiger charge is -2.17. The van der Waals surface area contributed by atoms with E-state index in [9.17, 15) is 18.0 Å². The SMILES string of the molecule is CCC(C)SC(C)C(=O)Nc1ccc(N)c(C(F)(F)F)c1. The summed E-state index contributed by atoms with van der Waals surface area (Å²) in [6.07, 6.45) is -3.62. The zero-order valence-electron chi connectivity index (χ0n) is 12.1. The maximum Gasteiger partial charge on any atom is 0.418 e. The number of hydrogen-bond acceptors (Lipinski definition) is 3. The lowest BCUT2D eigenvalue weighted by molar-refractivity contribution is -0.136. The Bertz CT molecular complexity index is 505. The van der Waals surface area contributed by atoms with E-state index in [0.29, 0.717) is 5.25 Å². The number of halogens is 3. The van der Waals surface area contributed by atoms with Crippen LogP contribution in [0, 0.1) is 0 Å². The van der Waals surface area contributed by atoms with Gasteiger partial charge in [0, 0.05) is 16.6 Å². The van der Waals surface area contributed by atoms with Crippen molar-refractivity contribution in [1.29, 1.82) is 0 Å². The van der Waals surface area contributed by atoms with Crippen molar-refractivity contribution in [1.82, 2.24) is 0 Å². The van der Waals surface area contributed by atoms with E-state index in [1.807, 2.05) is 13.8 Å². The summed E-state index contributed by atoms with van der Waals surface area (Å²) in [6.45, 7) is 5.74. The Hall–Kier alpha value is -1.37. The zero-order valence-corrected chi connectivity index (χ0v) is 12.9. The molecule has 0 spiro atoms. The number of benzene rings is 1. The Morgan fingerprint density at radius 1 is 1.38 bits per heavy atom. The van der Waals surface area contributed by atoms with Crippen LogP contribution in [0.25, 0.3) is 0 Å². The molecule has 1 aromatic carbocycles. The van der Waals surface area contributed by atoms with Crippen LogP contribution in [0.4, 0.5) is 24.5 Å². The van der Waals surface area contributed by atoms with Crippen LogP contribution in [0.1, 0.15) is 32.8 Å². The molecule has 0 aliphatic rings. The molecule has 3 nitrogen and oxygen atoms in total. The maximum absolute atomic E-state index is 12.7. The summed E-state index contributed by atoms with van der Waals surface area (Å²) in [6, 6.07) is 3.36. The highest BCUT2D eigenvalue weighted by Gasteiger charge is 2.33. The predicted molar refractivity (Wildman–Crippen MR) is 81.3 cm³/mol. The van der Waals surface area contributed by atoms with E-state index in [4.69, 9.17) is 5.73 Å². The molecule has 0 saturated carbocycles. The fraction of sp³-hybridized carbons (Fsp3) is 0.500. The minimum Gasteiger partial charge on any atom is -0.398 e. The van der Waals surface area contributed by atoms with E-state index in [1.165, 1.54) is 17.8 Å². The molecule has 0 saturated heterocycles. The van der Waals surface area contributed by atoms with Crippen LogP contribution >= 0.6 is 11.8 Å². The van der Waals surface area contributed by atoms with Gasteiger partial charge in [-0.2, -0.15) is 13.2 Å². The molecular formula is C14H19F3N2OS. The Morgan fingerprint density at radius 3 is 2.52 bits per heavy atom. The van der Waals surface area contributed by atoms with Crippen LogP contribution in [0.15, 0.2) is 18.2 Å². The quantitative estimate of drug-likeness (QED) is 0.802. The Balaban J connectivity index is 2.82. The van der Waals surface area contributed by atoms with Gasteiger partial charge in [0.15, 0.2) is 0 Å². The normalized spacial score (nSPS) is 14.6. The molecule has 0 bridgehead atoms. The Kier molecular flexibility index (Phi) is 5.95. The van der Waals surface area contributed by atoms with Crippen LogP contribution < -0.4 is 11.1 Å². The molecule has 1 aromatic rings. The molecule has 0 aliphatic carbocycles. The highest BCUT2D eigenvalue weighted by molar-refractivity contribution is 8.01. The standard InChI is InChI=1S/C14H19F3N2OS/c1-4-8(2)21-9(3)13(20)19-10-5-6-12(18)11(7-10)14(15,16)17/h5-9H,4,18H2,1-3H3,(H,19,20). The van der Waals surface area contributed by atoms with Gasteiger partial charge < -0.3 is 11.1 Å². The number of carbonyl (C=O) groups is 1. The largest absolute Gasteiger partial charge is 0.418 e. The van der Waals surface area contributed by atoms with Crippen molar-refractivity contribution in [2.75, 3.05) is 11.1 Å². The van der Waals surface area contributed by atoms with Gasteiger partial charge >= 0.3 is 6.18 Å². The van der Waals surface area contributed by atoms with Crippen LogP contribution in [-0.4, -0.2) is 16.4 Å². The molecular weight excluding hydrogens is 301 g/mol. The molecule has 7 heteroatoms. The lowest BCUT2D eigenvalue weighted by Crippen LogP contribution is -2.24. The highest BCUT2D eigenvalue weighted by Crippen LogP contribution is 2.35. The Labute approximate surface area is 126 Å². The van der Waals surface area contributed by atoms with E-state index in [2.05, 4.69) is 5.32 Å². The summed E-state index contributed by atoms with van der Waals surface area (Å²) in [5, 5.41) is 2.46. The molecule has 2 atom stereocenters. The fourth-order valence-electron chi connectivity index (χ4n) is 1.63. The third-order valence-corrected chi connectivity index (χ3v) is 4.43. The van der Waals surface area contributed by atoms with Crippen molar-refractivity contribution >= 4 is 29.0 Å². The first-order valence-corrected chi connectivity index (χ1v) is 7.52. The van der Waals surface area contributed by atoms with E-state index in [0.717, 1.165) is 18.6 Å². The van der Waals surface area contributed by atoms with E-state index in [-0.39, 0.29) is 22.5 Å². The number of hydrogen-bond donors (Lipinski definition) is 2. The third kappa shape index (κ3) is 5.15. The smallest absolute Gasteiger partial charge is 0.398 e. The van der Waals surface area contributed by atoms with Gasteiger partial charge in [-0.15, -0.1) is 11.8 Å². The minimum absolute atomic E-state index is 0.0955. The summed E-state index contributed by atoms with van der Waals surface area (Å²) >= 11 is 1.48. The maximum atomic E-state index is 12.7. The topological polar surface area (TPSA) is 55.1 Å². The molecule has 21 heavy (non-hydrogen) atoms. The number of alkyl halides is 3. The first-order valence-electron chi connectivity index (χ1n) is 6.58. The second-order valence-corrected chi connectivity index (χ2v) is 6.57. The Morgan fingerprint density at radius 2 is 2.00 bits per heavy atom. The lowest BCUT2D eigenvalue weighted by atomic mass is 10.1. The molecule has 3 N–H and O–H groups in total. The molecule has 0 radical (unpaired) electrons. The summed E-state index contributed by atoms with van der Waals surface area (Å²) in [5.41, 5.74) is 4.11. The van der Waals surface area contributed by atoms with Gasteiger partial charge in [-0.1, -0.05) is 13.8 Å². The molecule has 1 rings (SSSR count). The fourth-order valence-corrected chi connectivity index (χ4v) is 2.70. The van der Waals surface area contributed by atoms with E-state index >= 15 is 0 Å². The molecule has 0 fully saturated rings. The van der Waals surface area contributed by atoms with Gasteiger partial charge in [0.1, 0.15) is 0 Å². The van der Waals surface area contributed by atoms with E-state index in [1.54, 1.807) is 6.92 Å². The molecule has 118 valence electrons. The molecule has 0 heterocycles. The van der Waals surface area contributed by atoms with Crippen molar-refractivity contribution in [3.63, 3.8) is 0 Å². The van der Waals surface area contributed by atoms with Gasteiger partial charge in [-0.25, -0.2) is 0 Å². The number of nitrogens with two attached hydrogens (primary N) is 1. The van der Waals surface area contributed by atoms with Gasteiger partial charge in [0.25, 0.3) is 0 Å². The van der Waals surface area contributed by atoms with Crippen molar-refractivity contribution in [2.45, 2.75) is 43.9 Å². The minimum atomic E-state index is -4.54. The summed E-state index contributed by atoms with van der Waals surface area (Å²) < 4.78 is 38.2. The first-order chi connectivity index (χ1) is 9.65. The number of rotatable bonds is 5. The average Bonchev–Trinajstić information content (AvgIpc) is 2.39.